The van der Waals surface area contributed by atoms with E-state index in [0.717, 1.165) is 19.3 Å². The van der Waals surface area contributed by atoms with Gasteiger partial charge in [-0.2, -0.15) is 0 Å². The number of rotatable bonds is 8. The molecule has 0 spiro atoms. The Morgan fingerprint density at radius 3 is 2.47 bits per heavy atom. The van der Waals surface area contributed by atoms with E-state index in [-0.39, 0.29) is 18.3 Å². The monoisotopic (exact) mass is 472 g/mol. The zero-order chi connectivity index (χ0) is 23.6. The molecule has 2 aliphatic heterocycles. The minimum atomic E-state index is -3.72. The molecule has 2 saturated heterocycles. The maximum atomic E-state index is 13.1. The summed E-state index contributed by atoms with van der Waals surface area (Å²) in [4.78, 5) is 12.9. The van der Waals surface area contributed by atoms with E-state index in [2.05, 4.69) is 10.5 Å². The first-order valence-electron chi connectivity index (χ1n) is 11.3. The number of hydrogen-bond acceptors (Lipinski definition) is 8. The fraction of sp³-hybridized carbons (Fsp3) is 0.818. The number of aromatic nitrogens is 1. The normalized spacial score (nSPS) is 22.5. The van der Waals surface area contributed by atoms with Crippen molar-refractivity contribution in [3.8, 4) is 0 Å². The lowest BCUT2D eigenvalue weighted by Crippen LogP contribution is -2.50. The average molecular weight is 473 g/mol. The molecule has 0 radical (unpaired) electrons. The highest BCUT2D eigenvalue weighted by Gasteiger charge is 2.47. The van der Waals surface area contributed by atoms with E-state index >= 15 is 0 Å². The third-order valence-corrected chi connectivity index (χ3v) is 9.74. The van der Waals surface area contributed by atoms with Crippen LogP contribution in [-0.2, 0) is 34.3 Å². The van der Waals surface area contributed by atoms with Gasteiger partial charge in [-0.3, -0.25) is 10.1 Å². The number of ether oxygens (including phenoxy) is 3. The largest absolute Gasteiger partial charge is 0.381 e. The third-order valence-electron chi connectivity index (χ3n) is 6.78. The number of nitrogens with zero attached hydrogens (tertiary/aromatic N) is 1. The highest BCUT2D eigenvalue weighted by molar-refractivity contribution is 7.94. The molecule has 1 aromatic rings. The highest BCUT2D eigenvalue weighted by atomic mass is 32.2. The molecule has 10 heteroatoms. The molecule has 182 valence electrons. The summed E-state index contributed by atoms with van der Waals surface area (Å²) in [6, 6.07) is 1.62. The molecule has 3 rings (SSSR count). The van der Waals surface area contributed by atoms with E-state index < -0.39 is 31.2 Å². The van der Waals surface area contributed by atoms with Gasteiger partial charge in [0.2, 0.25) is 11.8 Å². The van der Waals surface area contributed by atoms with Gasteiger partial charge in [-0.05, 0) is 52.9 Å². The SMILES string of the molecule is CC(OC1CCCCO1)C(C)(C)c1cc(NC(=O)C(C)(C)S(=O)(=O)C2CCOCC2)on1. The van der Waals surface area contributed by atoms with Crippen molar-refractivity contribution in [3.63, 3.8) is 0 Å². The fourth-order valence-corrected chi connectivity index (χ4v) is 5.81. The second-order valence-corrected chi connectivity index (χ2v) is 12.5. The van der Waals surface area contributed by atoms with E-state index in [1.165, 1.54) is 13.8 Å². The van der Waals surface area contributed by atoms with Crippen LogP contribution >= 0.6 is 0 Å². The molecule has 2 atom stereocenters. The van der Waals surface area contributed by atoms with Gasteiger partial charge in [0.1, 0.15) is 4.75 Å². The van der Waals surface area contributed by atoms with Gasteiger partial charge in [0.05, 0.1) is 17.0 Å². The topological polar surface area (TPSA) is 117 Å². The van der Waals surface area contributed by atoms with Crippen LogP contribution in [0.3, 0.4) is 0 Å². The number of amides is 1. The van der Waals surface area contributed by atoms with Gasteiger partial charge < -0.3 is 18.7 Å². The summed E-state index contributed by atoms with van der Waals surface area (Å²) < 4.78 is 46.9. The fourth-order valence-electron chi connectivity index (χ4n) is 3.86. The Morgan fingerprint density at radius 2 is 1.84 bits per heavy atom. The van der Waals surface area contributed by atoms with Crippen molar-refractivity contribution >= 4 is 21.6 Å². The third kappa shape index (κ3) is 5.18. The van der Waals surface area contributed by atoms with Crippen LogP contribution in [0.15, 0.2) is 10.6 Å². The van der Waals surface area contributed by atoms with E-state index in [9.17, 15) is 13.2 Å². The van der Waals surface area contributed by atoms with Gasteiger partial charge in [0.25, 0.3) is 0 Å². The van der Waals surface area contributed by atoms with Crippen molar-refractivity contribution in [1.82, 2.24) is 5.16 Å². The van der Waals surface area contributed by atoms with Gasteiger partial charge in [-0.25, -0.2) is 8.42 Å². The Balaban J connectivity index is 1.67. The van der Waals surface area contributed by atoms with Crippen molar-refractivity contribution in [3.05, 3.63) is 11.8 Å². The summed E-state index contributed by atoms with van der Waals surface area (Å²) in [6.07, 6.45) is 3.31. The molecule has 1 N–H and O–H groups in total. The molecule has 2 fully saturated rings. The number of carbonyl (C=O) groups excluding carboxylic acids is 1. The van der Waals surface area contributed by atoms with Crippen molar-refractivity contribution in [2.24, 2.45) is 0 Å². The van der Waals surface area contributed by atoms with Gasteiger partial charge >= 0.3 is 0 Å². The molecule has 1 amide bonds. The maximum absolute atomic E-state index is 13.1. The standard InChI is InChI=1S/C22H36N2O7S/c1-15(30-19-8-6-7-11-29-19)21(2,3)17-14-18(31-24-17)23-20(25)22(4,5)32(26,27)16-9-12-28-13-10-16/h14-16,19H,6-13H2,1-5H3,(H,23,25). The molecule has 3 heterocycles. The molecule has 9 nitrogen and oxygen atoms in total. The van der Waals surface area contributed by atoms with E-state index in [1.54, 1.807) is 6.07 Å². The molecule has 1 aromatic heterocycles. The smallest absolute Gasteiger partial charge is 0.247 e. The molecule has 0 aliphatic carbocycles. The van der Waals surface area contributed by atoms with E-state index in [1.807, 2.05) is 20.8 Å². The second-order valence-electron chi connectivity index (χ2n) is 9.69. The number of carbonyl (C=O) groups is 1. The molecule has 0 aromatic carbocycles. The summed E-state index contributed by atoms with van der Waals surface area (Å²) >= 11 is 0. The maximum Gasteiger partial charge on any atom is 0.247 e. The van der Waals surface area contributed by atoms with Crippen LogP contribution in [0.1, 0.15) is 72.4 Å². The molecular formula is C22H36N2O7S. The molecule has 2 aliphatic rings. The molecule has 0 bridgehead atoms. The summed E-state index contributed by atoms with van der Waals surface area (Å²) in [5.41, 5.74) is 0.0814. The Kier molecular flexibility index (Phi) is 7.69. The van der Waals surface area contributed by atoms with Crippen LogP contribution in [0.4, 0.5) is 5.88 Å². The first kappa shape index (κ1) is 25.1. The predicted octanol–water partition coefficient (Wildman–Crippen LogP) is 3.19. The van der Waals surface area contributed by atoms with Crippen molar-refractivity contribution < 1.29 is 31.9 Å². The summed E-state index contributed by atoms with van der Waals surface area (Å²) in [5, 5.41) is 6.11. The summed E-state index contributed by atoms with van der Waals surface area (Å²) in [6.45, 7) is 10.2. The minimum absolute atomic E-state index is 0.106. The van der Waals surface area contributed by atoms with E-state index in [4.69, 9.17) is 18.7 Å². The molecule has 0 saturated carbocycles. The summed E-state index contributed by atoms with van der Waals surface area (Å²) in [7, 11) is -3.72. The average Bonchev–Trinajstić information content (AvgIpc) is 3.24. The molecule has 32 heavy (non-hydrogen) atoms. The summed E-state index contributed by atoms with van der Waals surface area (Å²) in [5.74, 6) is -0.543. The van der Waals surface area contributed by atoms with Crippen LogP contribution in [0.2, 0.25) is 0 Å². The molecular weight excluding hydrogens is 436 g/mol. The Bertz CT molecular complexity index is 882. The zero-order valence-corrected chi connectivity index (χ0v) is 20.5. The van der Waals surface area contributed by atoms with Crippen molar-refractivity contribution in [2.75, 3.05) is 25.1 Å². The number of sulfone groups is 1. The van der Waals surface area contributed by atoms with Gasteiger partial charge in [-0.15, -0.1) is 0 Å². The number of anilines is 1. The van der Waals surface area contributed by atoms with Gasteiger partial charge in [-0.1, -0.05) is 19.0 Å². The zero-order valence-electron chi connectivity index (χ0n) is 19.7. The lowest BCUT2D eigenvalue weighted by atomic mass is 9.84. The first-order valence-corrected chi connectivity index (χ1v) is 12.9. The quantitative estimate of drug-likeness (QED) is 0.613. The lowest BCUT2D eigenvalue weighted by Gasteiger charge is -2.34. The van der Waals surface area contributed by atoms with Crippen LogP contribution in [0, 0.1) is 0 Å². The Morgan fingerprint density at radius 1 is 1.16 bits per heavy atom. The lowest BCUT2D eigenvalue weighted by molar-refractivity contribution is -0.196. The Hall–Kier alpha value is -1.49. The van der Waals surface area contributed by atoms with Gasteiger partial charge in [0.15, 0.2) is 16.1 Å². The van der Waals surface area contributed by atoms with Gasteiger partial charge in [0, 0.05) is 31.3 Å². The molecule has 2 unspecified atom stereocenters. The first-order chi connectivity index (χ1) is 15.0. The highest BCUT2D eigenvalue weighted by Crippen LogP contribution is 2.33. The number of nitrogens with one attached hydrogen (secondary N) is 1. The number of hydrogen-bond donors (Lipinski definition) is 1. The van der Waals surface area contributed by atoms with Crippen LogP contribution in [0.25, 0.3) is 0 Å². The van der Waals surface area contributed by atoms with Crippen LogP contribution < -0.4 is 5.32 Å². The van der Waals surface area contributed by atoms with Crippen molar-refractivity contribution in [1.29, 1.82) is 0 Å². The van der Waals surface area contributed by atoms with Crippen LogP contribution in [0.5, 0.6) is 0 Å². The second kappa shape index (κ2) is 9.79. The van der Waals surface area contributed by atoms with E-state index in [0.29, 0.717) is 38.4 Å². The Labute approximate surface area is 190 Å². The van der Waals surface area contributed by atoms with Crippen LogP contribution in [-0.4, -0.2) is 61.7 Å². The van der Waals surface area contributed by atoms with Crippen molar-refractivity contribution in [2.45, 2.75) is 94.5 Å². The predicted molar refractivity (Wildman–Crippen MR) is 119 cm³/mol. The minimum Gasteiger partial charge on any atom is -0.381 e.